The smallest absolute Gasteiger partial charge is 0.308 e. The van der Waals surface area contributed by atoms with Gasteiger partial charge in [0.05, 0.1) is 6.54 Å². The quantitative estimate of drug-likeness (QED) is 0.759. The topological polar surface area (TPSA) is 51.9 Å². The van der Waals surface area contributed by atoms with Crippen molar-refractivity contribution >= 4 is 0 Å². The van der Waals surface area contributed by atoms with Crippen molar-refractivity contribution in [3.05, 3.63) is 29.0 Å². The van der Waals surface area contributed by atoms with Gasteiger partial charge in [0, 0.05) is 19.1 Å². The van der Waals surface area contributed by atoms with Crippen molar-refractivity contribution in [2.75, 3.05) is 6.54 Å². The van der Waals surface area contributed by atoms with Crippen molar-refractivity contribution < 1.29 is 0 Å². The van der Waals surface area contributed by atoms with Crippen LogP contribution in [0.2, 0.25) is 0 Å². The van der Waals surface area contributed by atoms with Crippen LogP contribution in [0.3, 0.4) is 0 Å². The summed E-state index contributed by atoms with van der Waals surface area (Å²) in [6, 6.07) is 0. The fraction of sp³-hybridized carbons (Fsp3) is 0.636. The van der Waals surface area contributed by atoms with E-state index in [4.69, 9.17) is 0 Å². The lowest BCUT2D eigenvalue weighted by Gasteiger charge is -2.21. The molecule has 1 heterocycles. The Hall–Kier alpha value is -1.36. The maximum atomic E-state index is 11.5. The van der Waals surface area contributed by atoms with E-state index in [2.05, 4.69) is 37.8 Å². The van der Waals surface area contributed by atoms with Crippen LogP contribution in [0.1, 0.15) is 20.8 Å². The average molecular weight is 224 g/mol. The lowest BCUT2D eigenvalue weighted by Crippen LogP contribution is -2.38. The van der Waals surface area contributed by atoms with Gasteiger partial charge in [0.2, 0.25) is 0 Å². The molecule has 0 radical (unpaired) electrons. The van der Waals surface area contributed by atoms with E-state index in [9.17, 15) is 4.79 Å². The van der Waals surface area contributed by atoms with Gasteiger partial charge in [-0.05, 0) is 26.3 Å². The Bertz CT molecular complexity index is 422. The Morgan fingerprint density at radius 3 is 2.62 bits per heavy atom. The average Bonchev–Trinajstić information content (AvgIpc) is 2.46. The molecule has 0 aliphatic heterocycles. The minimum absolute atomic E-state index is 0.0536. The molecule has 0 unspecified atom stereocenters. The van der Waals surface area contributed by atoms with Crippen molar-refractivity contribution in [1.82, 2.24) is 19.7 Å². The van der Waals surface area contributed by atoms with Crippen molar-refractivity contribution in [3.8, 4) is 0 Å². The lowest BCUT2D eigenvalue weighted by molar-refractivity contribution is 0.438. The molecule has 1 aromatic heterocycles. The van der Waals surface area contributed by atoms with Gasteiger partial charge in [-0.3, -0.25) is 4.57 Å². The third-order valence-corrected chi connectivity index (χ3v) is 2.13. The first-order valence-electron chi connectivity index (χ1n) is 5.30. The molecule has 0 bridgehead atoms. The van der Waals surface area contributed by atoms with Gasteiger partial charge < -0.3 is 5.32 Å². The number of hydrogen-bond donors (Lipinski definition) is 1. The maximum Gasteiger partial charge on any atom is 0.345 e. The molecule has 5 heteroatoms. The van der Waals surface area contributed by atoms with Crippen molar-refractivity contribution in [2.24, 2.45) is 7.05 Å². The van der Waals surface area contributed by atoms with Crippen LogP contribution in [0.15, 0.2) is 23.3 Å². The Kier molecular flexibility index (Phi) is 3.70. The van der Waals surface area contributed by atoms with E-state index in [1.807, 2.05) is 0 Å². The second-order valence-electron chi connectivity index (χ2n) is 5.04. The zero-order valence-corrected chi connectivity index (χ0v) is 10.4. The fourth-order valence-corrected chi connectivity index (χ4v) is 1.19. The van der Waals surface area contributed by atoms with E-state index in [1.165, 1.54) is 15.6 Å². The zero-order valence-electron chi connectivity index (χ0n) is 10.4. The number of nitrogens with zero attached hydrogens (tertiary/aromatic N) is 3. The normalized spacial score (nSPS) is 11.8. The number of hydrogen-bond acceptors (Lipinski definition) is 3. The Morgan fingerprint density at radius 2 is 2.19 bits per heavy atom. The lowest BCUT2D eigenvalue weighted by atomic mass is 10.1. The minimum atomic E-state index is -0.114. The summed E-state index contributed by atoms with van der Waals surface area (Å²) in [6.45, 7) is 11.4. The summed E-state index contributed by atoms with van der Waals surface area (Å²) >= 11 is 0. The molecule has 0 spiro atoms. The van der Waals surface area contributed by atoms with Crippen LogP contribution in [0.25, 0.3) is 0 Å². The standard InChI is InChI=1S/C11H20N4O/c1-9(6-12-11(2,3)4)7-15-10(16)14(5)8-13-15/h8,12H,1,6-7H2,2-5H3. The Balaban J connectivity index is 2.53. The summed E-state index contributed by atoms with van der Waals surface area (Å²) in [4.78, 5) is 11.5. The van der Waals surface area contributed by atoms with Gasteiger partial charge >= 0.3 is 5.69 Å². The summed E-state index contributed by atoms with van der Waals surface area (Å²) < 4.78 is 2.86. The molecule has 0 amide bonds. The number of nitrogens with one attached hydrogen (secondary N) is 1. The molecular weight excluding hydrogens is 204 g/mol. The van der Waals surface area contributed by atoms with E-state index in [0.29, 0.717) is 13.1 Å². The van der Waals surface area contributed by atoms with E-state index in [1.54, 1.807) is 7.05 Å². The highest BCUT2D eigenvalue weighted by molar-refractivity contribution is 4.98. The van der Waals surface area contributed by atoms with Crippen LogP contribution in [0.5, 0.6) is 0 Å². The van der Waals surface area contributed by atoms with E-state index < -0.39 is 0 Å². The van der Waals surface area contributed by atoms with Gasteiger partial charge in [-0.25, -0.2) is 9.48 Å². The minimum Gasteiger partial charge on any atom is -0.308 e. The number of rotatable bonds is 4. The summed E-state index contributed by atoms with van der Waals surface area (Å²) in [5.74, 6) is 0. The molecule has 1 N–H and O–H groups in total. The van der Waals surface area contributed by atoms with E-state index in [-0.39, 0.29) is 11.2 Å². The molecule has 0 aromatic carbocycles. The number of aryl methyl sites for hydroxylation is 1. The first-order chi connectivity index (χ1) is 7.29. The van der Waals surface area contributed by atoms with E-state index >= 15 is 0 Å². The van der Waals surface area contributed by atoms with Crippen LogP contribution < -0.4 is 11.0 Å². The summed E-state index contributed by atoms with van der Waals surface area (Å²) in [6.07, 6.45) is 1.51. The largest absolute Gasteiger partial charge is 0.345 e. The molecule has 0 atom stereocenters. The summed E-state index contributed by atoms with van der Waals surface area (Å²) in [5.41, 5.74) is 0.880. The van der Waals surface area contributed by atoms with Crippen molar-refractivity contribution in [3.63, 3.8) is 0 Å². The first kappa shape index (κ1) is 12.7. The second-order valence-corrected chi connectivity index (χ2v) is 5.04. The van der Waals surface area contributed by atoms with Gasteiger partial charge in [-0.2, -0.15) is 5.10 Å². The van der Waals surface area contributed by atoms with Crippen LogP contribution in [-0.4, -0.2) is 26.4 Å². The SMILES string of the molecule is C=C(CNC(C)(C)C)Cn1ncn(C)c1=O. The third kappa shape index (κ3) is 3.66. The summed E-state index contributed by atoms with van der Waals surface area (Å²) in [5, 5.41) is 7.30. The third-order valence-electron chi connectivity index (χ3n) is 2.13. The highest BCUT2D eigenvalue weighted by Crippen LogP contribution is 2.00. The van der Waals surface area contributed by atoms with E-state index in [0.717, 1.165) is 5.57 Å². The molecule has 5 nitrogen and oxygen atoms in total. The van der Waals surface area contributed by atoms with Crippen molar-refractivity contribution in [2.45, 2.75) is 32.9 Å². The van der Waals surface area contributed by atoms with Gasteiger partial charge in [0.1, 0.15) is 6.33 Å². The molecule has 90 valence electrons. The van der Waals surface area contributed by atoms with Gasteiger partial charge in [0.15, 0.2) is 0 Å². The predicted octanol–water partition coefficient (Wildman–Crippen LogP) is 0.526. The molecular formula is C11H20N4O. The maximum absolute atomic E-state index is 11.5. The van der Waals surface area contributed by atoms with Crippen LogP contribution >= 0.6 is 0 Å². The van der Waals surface area contributed by atoms with Gasteiger partial charge in [-0.1, -0.05) is 6.58 Å². The first-order valence-corrected chi connectivity index (χ1v) is 5.30. The van der Waals surface area contributed by atoms with Crippen LogP contribution in [-0.2, 0) is 13.6 Å². The number of aromatic nitrogens is 3. The molecule has 1 rings (SSSR count). The molecule has 16 heavy (non-hydrogen) atoms. The monoisotopic (exact) mass is 224 g/mol. The molecule has 0 aliphatic carbocycles. The zero-order chi connectivity index (χ0) is 12.3. The van der Waals surface area contributed by atoms with Gasteiger partial charge in [-0.15, -0.1) is 0 Å². The van der Waals surface area contributed by atoms with Gasteiger partial charge in [0.25, 0.3) is 0 Å². The Labute approximate surface area is 95.8 Å². The second kappa shape index (κ2) is 4.65. The molecule has 0 fully saturated rings. The predicted molar refractivity (Wildman–Crippen MR) is 64.4 cm³/mol. The van der Waals surface area contributed by atoms with Crippen LogP contribution in [0, 0.1) is 0 Å². The van der Waals surface area contributed by atoms with Crippen molar-refractivity contribution in [1.29, 1.82) is 0 Å². The molecule has 0 aliphatic rings. The Morgan fingerprint density at radius 1 is 1.56 bits per heavy atom. The molecule has 0 saturated heterocycles. The summed E-state index contributed by atoms with van der Waals surface area (Å²) in [7, 11) is 1.68. The van der Waals surface area contributed by atoms with Crippen LogP contribution in [0.4, 0.5) is 0 Å². The molecule has 1 aromatic rings. The molecule has 0 saturated carbocycles. The highest BCUT2D eigenvalue weighted by atomic mass is 16.2. The highest BCUT2D eigenvalue weighted by Gasteiger charge is 2.09. The fourth-order valence-electron chi connectivity index (χ4n) is 1.19.